The minimum Gasteiger partial charge on any atom is -0.461 e. The lowest BCUT2D eigenvalue weighted by Gasteiger charge is -2.35. The molecule has 3 N–H and O–H groups in total. The summed E-state index contributed by atoms with van der Waals surface area (Å²) in [5, 5.41) is 5.00. The van der Waals surface area contributed by atoms with Gasteiger partial charge in [-0.25, -0.2) is 13.8 Å². The maximum absolute atomic E-state index is 14.6. The van der Waals surface area contributed by atoms with Gasteiger partial charge in [0.05, 0.1) is 21.3 Å². The highest BCUT2D eigenvalue weighted by Crippen LogP contribution is 2.42. The van der Waals surface area contributed by atoms with Gasteiger partial charge in [0.1, 0.15) is 24.4 Å². The van der Waals surface area contributed by atoms with Crippen LogP contribution in [-0.4, -0.2) is 76.4 Å². The van der Waals surface area contributed by atoms with E-state index in [-0.39, 0.29) is 11.4 Å². The Bertz CT molecular complexity index is 1670. The van der Waals surface area contributed by atoms with Crippen LogP contribution in [0.15, 0.2) is 24.3 Å². The van der Waals surface area contributed by atoms with Crippen molar-refractivity contribution >= 4 is 43.4 Å². The second kappa shape index (κ2) is 9.43. The van der Waals surface area contributed by atoms with E-state index in [1.165, 1.54) is 6.07 Å². The molecule has 2 bridgehead atoms. The number of nitrogens with two attached hydrogens (primary N) is 1. The molecular formula is C30H33F2N7OS. The van der Waals surface area contributed by atoms with Gasteiger partial charge >= 0.3 is 6.01 Å². The van der Waals surface area contributed by atoms with Gasteiger partial charge in [0, 0.05) is 49.1 Å². The molecule has 41 heavy (non-hydrogen) atoms. The fraction of sp³-hybridized carbons (Fsp3) is 0.500. The number of aryl methyl sites for hydroxylation is 1. The fourth-order valence-corrected chi connectivity index (χ4v) is 8.48. The van der Waals surface area contributed by atoms with Crippen LogP contribution in [0.3, 0.4) is 0 Å². The molecule has 214 valence electrons. The van der Waals surface area contributed by atoms with Crippen LogP contribution in [0.1, 0.15) is 37.7 Å². The predicted molar refractivity (Wildman–Crippen MR) is 158 cm³/mol. The smallest absolute Gasteiger partial charge is 0.319 e. The standard InChI is InChI=1S/C30H33F2N7OS/c1-16-20(21-7-8-23(32)26-25(21)35-28(33)41-26)5-6-22-24(16)36-29(37-27(22)38-13-18-3-4-19(14-38)34-18)40-15-30-9-2-10-39(30)12-17(31)11-30/h5-8,17-19,34H,2-4,9-15H2,1H3,(H2,33,35)/t17-,18?,19?,30+/m1/s1. The second-order valence-corrected chi connectivity index (χ2v) is 13.2. The molecule has 0 spiro atoms. The molecule has 0 radical (unpaired) electrons. The average Bonchev–Trinajstić information content (AvgIpc) is 3.70. The first-order valence-corrected chi connectivity index (χ1v) is 15.4. The van der Waals surface area contributed by atoms with Gasteiger partial charge in [0.15, 0.2) is 5.13 Å². The monoisotopic (exact) mass is 577 g/mol. The number of hydrogen-bond donors (Lipinski definition) is 2. The minimum atomic E-state index is -0.819. The summed E-state index contributed by atoms with van der Waals surface area (Å²) in [6.45, 7) is 5.55. The first-order chi connectivity index (χ1) is 19.9. The van der Waals surface area contributed by atoms with E-state index in [1.807, 2.05) is 6.92 Å². The Morgan fingerprint density at radius 3 is 2.71 bits per heavy atom. The number of nitrogens with one attached hydrogen (secondary N) is 1. The largest absolute Gasteiger partial charge is 0.461 e. The van der Waals surface area contributed by atoms with Gasteiger partial charge < -0.3 is 20.7 Å². The highest BCUT2D eigenvalue weighted by atomic mass is 32.1. The molecule has 2 aromatic carbocycles. The molecule has 0 saturated carbocycles. The van der Waals surface area contributed by atoms with E-state index in [9.17, 15) is 8.78 Å². The number of anilines is 2. The number of alkyl halides is 1. The van der Waals surface area contributed by atoms with Crippen LogP contribution >= 0.6 is 11.3 Å². The third-order valence-corrected chi connectivity index (χ3v) is 10.5. The van der Waals surface area contributed by atoms with E-state index in [0.29, 0.717) is 53.0 Å². The summed E-state index contributed by atoms with van der Waals surface area (Å²) >= 11 is 1.16. The van der Waals surface area contributed by atoms with E-state index < -0.39 is 6.17 Å². The van der Waals surface area contributed by atoms with Crippen LogP contribution in [-0.2, 0) is 0 Å². The number of nitrogens with zero attached hydrogens (tertiary/aromatic N) is 5. The number of nitrogen functional groups attached to an aromatic ring is 1. The molecule has 4 fully saturated rings. The van der Waals surface area contributed by atoms with Crippen molar-refractivity contribution in [1.82, 2.24) is 25.2 Å². The van der Waals surface area contributed by atoms with E-state index in [4.69, 9.17) is 20.4 Å². The summed E-state index contributed by atoms with van der Waals surface area (Å²) in [5.74, 6) is 0.545. The second-order valence-electron chi connectivity index (χ2n) is 12.2. The van der Waals surface area contributed by atoms with Crippen molar-refractivity contribution in [3.05, 3.63) is 35.6 Å². The van der Waals surface area contributed by atoms with Crippen LogP contribution in [0.4, 0.5) is 19.7 Å². The van der Waals surface area contributed by atoms with E-state index >= 15 is 0 Å². The third kappa shape index (κ3) is 4.15. The molecule has 4 saturated heterocycles. The first-order valence-electron chi connectivity index (χ1n) is 14.6. The summed E-state index contributed by atoms with van der Waals surface area (Å²) < 4.78 is 35.9. The van der Waals surface area contributed by atoms with Crippen molar-refractivity contribution in [3.63, 3.8) is 0 Å². The molecule has 8 nitrogen and oxygen atoms in total. The van der Waals surface area contributed by atoms with Crippen LogP contribution in [0.2, 0.25) is 0 Å². The van der Waals surface area contributed by atoms with Gasteiger partial charge in [-0.3, -0.25) is 4.90 Å². The van der Waals surface area contributed by atoms with E-state index in [1.54, 1.807) is 6.07 Å². The Labute approximate surface area is 240 Å². The summed E-state index contributed by atoms with van der Waals surface area (Å²) in [4.78, 5) is 19.0. The van der Waals surface area contributed by atoms with Gasteiger partial charge in [0.25, 0.3) is 0 Å². The molecule has 6 heterocycles. The lowest BCUT2D eigenvalue weighted by Crippen LogP contribution is -2.51. The third-order valence-electron chi connectivity index (χ3n) is 9.63. The van der Waals surface area contributed by atoms with Gasteiger partial charge in [-0.1, -0.05) is 17.4 Å². The molecule has 4 aliphatic rings. The normalized spacial score (nSPS) is 27.8. The fourth-order valence-electron chi connectivity index (χ4n) is 7.72. The number of benzene rings is 2. The number of aromatic nitrogens is 3. The number of hydrogen-bond acceptors (Lipinski definition) is 9. The zero-order valence-electron chi connectivity index (χ0n) is 23.0. The minimum absolute atomic E-state index is 0.285. The Kier molecular flexibility index (Phi) is 5.88. The maximum atomic E-state index is 14.6. The number of piperazine rings is 1. The lowest BCUT2D eigenvalue weighted by atomic mass is 9.95. The van der Waals surface area contributed by atoms with Gasteiger partial charge in [0.2, 0.25) is 0 Å². The number of ether oxygens (including phenoxy) is 1. The highest BCUT2D eigenvalue weighted by molar-refractivity contribution is 7.22. The Balaban J connectivity index is 1.24. The molecule has 8 rings (SSSR count). The van der Waals surface area contributed by atoms with Crippen molar-refractivity contribution in [2.24, 2.45) is 0 Å². The van der Waals surface area contributed by atoms with Crippen LogP contribution in [0, 0.1) is 12.7 Å². The van der Waals surface area contributed by atoms with Gasteiger partial charge in [-0.2, -0.15) is 9.97 Å². The Hall–Kier alpha value is -3.15. The van der Waals surface area contributed by atoms with Gasteiger partial charge in [-0.05, 0) is 68.5 Å². The quantitative estimate of drug-likeness (QED) is 0.349. The zero-order chi connectivity index (χ0) is 27.9. The summed E-state index contributed by atoms with van der Waals surface area (Å²) in [6.07, 6.45) is 3.98. The topological polar surface area (TPSA) is 92.4 Å². The summed E-state index contributed by atoms with van der Waals surface area (Å²) in [7, 11) is 0. The summed E-state index contributed by atoms with van der Waals surface area (Å²) in [6, 6.07) is 8.56. The highest BCUT2D eigenvalue weighted by Gasteiger charge is 2.49. The van der Waals surface area contributed by atoms with Crippen molar-refractivity contribution in [2.75, 3.05) is 43.4 Å². The SMILES string of the molecule is Cc1c(-c2ccc(F)c3sc(N)nc23)ccc2c(N3CC4CCC(C3)N4)nc(OC[C@@]34CCCN3C[C@H](F)C4)nc12. The molecule has 2 aromatic heterocycles. The van der Waals surface area contributed by atoms with Crippen LogP contribution in [0.25, 0.3) is 32.2 Å². The lowest BCUT2D eigenvalue weighted by molar-refractivity contribution is 0.107. The number of halogens is 2. The predicted octanol–water partition coefficient (Wildman–Crippen LogP) is 4.83. The molecule has 4 aliphatic heterocycles. The maximum Gasteiger partial charge on any atom is 0.319 e. The Morgan fingerprint density at radius 1 is 1.07 bits per heavy atom. The molecule has 0 amide bonds. The Morgan fingerprint density at radius 2 is 1.88 bits per heavy atom. The first kappa shape index (κ1) is 25.6. The molecule has 0 aliphatic carbocycles. The summed E-state index contributed by atoms with van der Waals surface area (Å²) in [5.41, 5.74) is 9.73. The molecule has 4 aromatic rings. The van der Waals surface area contributed by atoms with Crippen molar-refractivity contribution in [2.45, 2.75) is 62.8 Å². The molecule has 4 atom stereocenters. The zero-order valence-corrected chi connectivity index (χ0v) is 23.8. The average molecular weight is 578 g/mol. The van der Waals surface area contributed by atoms with Crippen molar-refractivity contribution < 1.29 is 13.5 Å². The van der Waals surface area contributed by atoms with Gasteiger partial charge in [-0.15, -0.1) is 0 Å². The van der Waals surface area contributed by atoms with E-state index in [2.05, 4.69) is 32.2 Å². The van der Waals surface area contributed by atoms with Crippen LogP contribution in [0.5, 0.6) is 6.01 Å². The number of fused-ring (bicyclic) bond motifs is 5. The molecule has 11 heteroatoms. The van der Waals surface area contributed by atoms with Crippen LogP contribution < -0.4 is 20.7 Å². The van der Waals surface area contributed by atoms with E-state index in [0.717, 1.165) is 90.1 Å². The molecule has 2 unspecified atom stereocenters. The number of rotatable bonds is 5. The van der Waals surface area contributed by atoms with Crippen molar-refractivity contribution in [1.29, 1.82) is 0 Å². The molecular weight excluding hydrogens is 544 g/mol. The van der Waals surface area contributed by atoms with Crippen molar-refractivity contribution in [3.8, 4) is 17.1 Å². The number of thiazole rings is 1.